The lowest BCUT2D eigenvalue weighted by molar-refractivity contribution is -0.142. The van der Waals surface area contributed by atoms with Crippen molar-refractivity contribution in [2.75, 3.05) is 6.54 Å². The molecule has 0 radical (unpaired) electrons. The van der Waals surface area contributed by atoms with Crippen LogP contribution >= 0.6 is 0 Å². The van der Waals surface area contributed by atoms with Crippen molar-refractivity contribution < 1.29 is 29.1 Å². The largest absolute Gasteiger partial charge is 0.480 e. The van der Waals surface area contributed by atoms with Gasteiger partial charge in [0.05, 0.1) is 18.7 Å². The fraction of sp³-hybridized carbons (Fsp3) is 0.500. The number of aromatic amines is 2. The predicted molar refractivity (Wildman–Crippen MR) is 127 cm³/mol. The van der Waals surface area contributed by atoms with E-state index in [0.29, 0.717) is 24.4 Å². The van der Waals surface area contributed by atoms with Gasteiger partial charge in [-0.15, -0.1) is 0 Å². The number of primary amides is 1. The minimum absolute atomic E-state index is 0.0615. The number of aromatic nitrogens is 4. The molecule has 3 rings (SSSR count). The topological polar surface area (TPSA) is 237 Å². The monoisotopic (exact) mass is 517 g/mol. The SMILES string of the molecule is NC(=O)CCC(NC(=O)C(Cc1cnc[nH]1)NC(=O)C1CCCN1)C(=O)NC(Cc1cnc[nH]1)C(=O)O. The first-order valence-electron chi connectivity index (χ1n) is 11.8. The van der Waals surface area contributed by atoms with Gasteiger partial charge in [0.1, 0.15) is 18.1 Å². The Morgan fingerprint density at radius 2 is 1.54 bits per heavy atom. The van der Waals surface area contributed by atoms with Gasteiger partial charge in [-0.2, -0.15) is 0 Å². The van der Waals surface area contributed by atoms with Crippen LogP contribution < -0.4 is 27.0 Å². The quantitative estimate of drug-likeness (QED) is 0.132. The van der Waals surface area contributed by atoms with E-state index in [-0.39, 0.29) is 31.6 Å². The lowest BCUT2D eigenvalue weighted by Gasteiger charge is -2.25. The molecule has 2 aromatic heterocycles. The van der Waals surface area contributed by atoms with Crippen molar-refractivity contribution >= 4 is 29.6 Å². The van der Waals surface area contributed by atoms with Gasteiger partial charge in [-0.3, -0.25) is 19.2 Å². The molecule has 15 heteroatoms. The molecular formula is C22H31N9O6. The van der Waals surface area contributed by atoms with Crippen LogP contribution in [-0.2, 0) is 36.8 Å². The van der Waals surface area contributed by atoms with E-state index in [1.807, 2.05) is 0 Å². The van der Waals surface area contributed by atoms with E-state index < -0.39 is 47.9 Å². The normalized spacial score (nSPS) is 17.4. The zero-order chi connectivity index (χ0) is 26.8. The second-order valence-electron chi connectivity index (χ2n) is 8.74. The fourth-order valence-corrected chi connectivity index (χ4v) is 3.92. The van der Waals surface area contributed by atoms with E-state index in [9.17, 15) is 29.1 Å². The Bertz CT molecular complexity index is 1070. The Balaban J connectivity index is 1.72. The number of nitrogens with zero attached hydrogens (tertiary/aromatic N) is 2. The number of hydrogen-bond donors (Lipinski definition) is 8. The Kier molecular flexibility index (Phi) is 9.71. The van der Waals surface area contributed by atoms with Crippen molar-refractivity contribution in [2.45, 2.75) is 62.7 Å². The maximum absolute atomic E-state index is 13.2. The number of carboxylic acid groups (broad SMARTS) is 1. The molecule has 1 fully saturated rings. The molecule has 0 saturated carbocycles. The van der Waals surface area contributed by atoms with E-state index in [2.05, 4.69) is 41.2 Å². The first kappa shape index (κ1) is 27.3. The number of nitrogens with two attached hydrogens (primary N) is 1. The van der Waals surface area contributed by atoms with Gasteiger partial charge in [0.25, 0.3) is 0 Å². The summed E-state index contributed by atoms with van der Waals surface area (Å²) in [5.74, 6) is -3.86. The molecule has 37 heavy (non-hydrogen) atoms. The zero-order valence-electron chi connectivity index (χ0n) is 20.0. The molecule has 0 aliphatic carbocycles. The van der Waals surface area contributed by atoms with Gasteiger partial charge in [-0.05, 0) is 25.8 Å². The third-order valence-corrected chi connectivity index (χ3v) is 5.89. The molecule has 4 unspecified atom stereocenters. The Labute approximate surface area is 211 Å². The minimum atomic E-state index is -1.32. The van der Waals surface area contributed by atoms with Crippen LogP contribution in [0, 0.1) is 0 Å². The molecule has 0 aromatic carbocycles. The van der Waals surface area contributed by atoms with Gasteiger partial charge in [0.15, 0.2) is 0 Å². The maximum atomic E-state index is 13.2. The lowest BCUT2D eigenvalue weighted by atomic mass is 10.1. The van der Waals surface area contributed by atoms with Crippen molar-refractivity contribution in [1.29, 1.82) is 0 Å². The highest BCUT2D eigenvalue weighted by Crippen LogP contribution is 2.08. The molecule has 3 heterocycles. The average molecular weight is 518 g/mol. The Morgan fingerprint density at radius 3 is 2.05 bits per heavy atom. The Morgan fingerprint density at radius 1 is 0.946 bits per heavy atom. The summed E-state index contributed by atoms with van der Waals surface area (Å²) < 4.78 is 0. The third-order valence-electron chi connectivity index (χ3n) is 5.89. The summed E-state index contributed by atoms with van der Waals surface area (Å²) in [7, 11) is 0. The molecule has 200 valence electrons. The highest BCUT2D eigenvalue weighted by atomic mass is 16.4. The van der Waals surface area contributed by atoms with E-state index in [1.165, 1.54) is 25.0 Å². The summed E-state index contributed by atoms with van der Waals surface area (Å²) in [4.78, 5) is 75.5. The predicted octanol–water partition coefficient (Wildman–Crippen LogP) is -2.53. The van der Waals surface area contributed by atoms with Crippen molar-refractivity contribution in [3.63, 3.8) is 0 Å². The summed E-state index contributed by atoms with van der Waals surface area (Å²) in [5, 5.41) is 20.3. The van der Waals surface area contributed by atoms with Gasteiger partial charge in [-0.1, -0.05) is 0 Å². The number of hydrogen-bond acceptors (Lipinski definition) is 8. The molecule has 1 aliphatic heterocycles. The summed E-state index contributed by atoms with van der Waals surface area (Å²) in [5.41, 5.74) is 6.29. The molecule has 4 atom stereocenters. The van der Waals surface area contributed by atoms with Crippen molar-refractivity contribution in [1.82, 2.24) is 41.2 Å². The van der Waals surface area contributed by atoms with Gasteiger partial charge in [-0.25, -0.2) is 14.8 Å². The average Bonchev–Trinajstić information content (AvgIpc) is 3.64. The van der Waals surface area contributed by atoms with Crippen molar-refractivity contribution in [3.05, 3.63) is 36.4 Å². The molecule has 0 spiro atoms. The smallest absolute Gasteiger partial charge is 0.326 e. The van der Waals surface area contributed by atoms with Crippen LogP contribution in [0.4, 0.5) is 0 Å². The molecule has 2 aromatic rings. The number of nitrogens with one attached hydrogen (secondary N) is 6. The van der Waals surface area contributed by atoms with E-state index in [4.69, 9.17) is 5.73 Å². The Hall–Kier alpha value is -4.27. The van der Waals surface area contributed by atoms with Crippen LogP contribution in [-0.4, -0.2) is 85.4 Å². The van der Waals surface area contributed by atoms with E-state index >= 15 is 0 Å². The van der Waals surface area contributed by atoms with E-state index in [0.717, 1.165) is 6.42 Å². The molecule has 4 amide bonds. The summed E-state index contributed by atoms with van der Waals surface area (Å²) in [6.07, 6.45) is 6.77. The van der Waals surface area contributed by atoms with Crippen molar-refractivity contribution in [3.8, 4) is 0 Å². The number of rotatable bonds is 14. The van der Waals surface area contributed by atoms with Crippen LogP contribution in [0.1, 0.15) is 37.1 Å². The van der Waals surface area contributed by atoms with Gasteiger partial charge < -0.3 is 42.1 Å². The van der Waals surface area contributed by atoms with Crippen LogP contribution in [0.25, 0.3) is 0 Å². The fourth-order valence-electron chi connectivity index (χ4n) is 3.92. The second kappa shape index (κ2) is 13.2. The molecule has 9 N–H and O–H groups in total. The first-order chi connectivity index (χ1) is 17.7. The van der Waals surface area contributed by atoms with Crippen LogP contribution in [0.2, 0.25) is 0 Å². The number of imidazole rings is 2. The van der Waals surface area contributed by atoms with Crippen LogP contribution in [0.15, 0.2) is 25.0 Å². The number of amides is 4. The van der Waals surface area contributed by atoms with Gasteiger partial charge in [0, 0.05) is 43.0 Å². The second-order valence-corrected chi connectivity index (χ2v) is 8.74. The molecule has 1 saturated heterocycles. The number of H-pyrrole nitrogens is 2. The first-order valence-corrected chi connectivity index (χ1v) is 11.8. The number of carboxylic acids is 1. The molecular weight excluding hydrogens is 486 g/mol. The summed E-state index contributed by atoms with van der Waals surface area (Å²) >= 11 is 0. The van der Waals surface area contributed by atoms with Crippen LogP contribution in [0.3, 0.4) is 0 Å². The highest BCUT2D eigenvalue weighted by Gasteiger charge is 2.32. The lowest BCUT2D eigenvalue weighted by Crippen LogP contribution is -2.57. The highest BCUT2D eigenvalue weighted by molar-refractivity contribution is 5.94. The number of carbonyl (C=O) groups excluding carboxylic acids is 4. The number of aliphatic carboxylic acids is 1. The maximum Gasteiger partial charge on any atom is 0.326 e. The minimum Gasteiger partial charge on any atom is -0.480 e. The van der Waals surface area contributed by atoms with Gasteiger partial charge in [0.2, 0.25) is 23.6 Å². The van der Waals surface area contributed by atoms with Crippen LogP contribution in [0.5, 0.6) is 0 Å². The zero-order valence-corrected chi connectivity index (χ0v) is 20.0. The van der Waals surface area contributed by atoms with Crippen molar-refractivity contribution in [2.24, 2.45) is 5.73 Å². The van der Waals surface area contributed by atoms with Gasteiger partial charge >= 0.3 is 5.97 Å². The standard InChI is InChI=1S/C22H31N9O6/c23-18(32)4-3-15(20(34)31-17(22(36)37)7-13-9-25-11-28-13)29-21(35)16(6-12-8-24-10-27-12)30-19(33)14-2-1-5-26-14/h8-11,14-17,26H,1-7H2,(H2,23,32)(H,24,27)(H,25,28)(H,29,35)(H,30,33)(H,31,34)(H,36,37). The summed E-state index contributed by atoms with van der Waals surface area (Å²) in [6, 6.07) is -4.12. The molecule has 15 nitrogen and oxygen atoms in total. The molecule has 1 aliphatic rings. The number of carbonyl (C=O) groups is 5. The third kappa shape index (κ3) is 8.42. The van der Waals surface area contributed by atoms with E-state index in [1.54, 1.807) is 0 Å². The summed E-state index contributed by atoms with van der Waals surface area (Å²) in [6.45, 7) is 0.689. The molecule has 0 bridgehead atoms.